The lowest BCUT2D eigenvalue weighted by molar-refractivity contribution is 0.305. The first-order valence-electron chi connectivity index (χ1n) is 5.78. The first-order chi connectivity index (χ1) is 9.60. The molecule has 0 fully saturated rings. The number of phenolic OH excluding ortho intramolecular Hbond substituents is 1. The number of nitrogens with two attached hydrogens (primary N) is 1. The molecule has 0 aliphatic carbocycles. The van der Waals surface area contributed by atoms with E-state index in [1.165, 1.54) is 0 Å². The Morgan fingerprint density at radius 1 is 1.25 bits per heavy atom. The summed E-state index contributed by atoms with van der Waals surface area (Å²) >= 11 is 6.06. The molecule has 0 saturated carbocycles. The van der Waals surface area contributed by atoms with Gasteiger partial charge in [0.05, 0.1) is 5.02 Å². The second-order valence-corrected chi connectivity index (χ2v) is 4.50. The maximum atomic E-state index is 9.36. The molecule has 0 amide bonds. The number of oxime groups is 1. The van der Waals surface area contributed by atoms with E-state index in [9.17, 15) is 5.11 Å². The fourth-order valence-corrected chi connectivity index (χ4v) is 1.88. The summed E-state index contributed by atoms with van der Waals surface area (Å²) in [6.45, 7) is 0.275. The van der Waals surface area contributed by atoms with Gasteiger partial charge in [-0.3, -0.25) is 0 Å². The Morgan fingerprint density at radius 2 is 2.05 bits per heavy atom. The van der Waals surface area contributed by atoms with Crippen LogP contribution in [0.15, 0.2) is 47.6 Å². The Hall–Kier alpha value is -2.40. The number of ether oxygens (including phenoxy) is 1. The summed E-state index contributed by atoms with van der Waals surface area (Å²) in [4.78, 5) is 0. The molecule has 2 aromatic rings. The van der Waals surface area contributed by atoms with Gasteiger partial charge in [0.25, 0.3) is 0 Å². The third-order valence-corrected chi connectivity index (χ3v) is 2.94. The number of phenols is 1. The molecular weight excluding hydrogens is 280 g/mol. The van der Waals surface area contributed by atoms with E-state index in [1.807, 2.05) is 6.07 Å². The van der Waals surface area contributed by atoms with Crippen LogP contribution in [0.5, 0.6) is 11.5 Å². The number of aromatic hydroxyl groups is 1. The Morgan fingerprint density at radius 3 is 2.70 bits per heavy atom. The highest BCUT2D eigenvalue weighted by Crippen LogP contribution is 2.26. The number of amidine groups is 1. The Bertz CT molecular complexity index is 644. The zero-order valence-electron chi connectivity index (χ0n) is 10.5. The van der Waals surface area contributed by atoms with Crippen LogP contribution in [0, 0.1) is 0 Å². The maximum Gasteiger partial charge on any atom is 0.170 e. The topological polar surface area (TPSA) is 88.1 Å². The SMILES string of the molecule is N/C(=N/O)c1ccc(OCc2cccc(O)c2)c(Cl)c1. The Kier molecular flexibility index (Phi) is 4.32. The van der Waals surface area contributed by atoms with Gasteiger partial charge in [-0.25, -0.2) is 0 Å². The van der Waals surface area contributed by atoms with Crippen LogP contribution in [-0.2, 0) is 6.61 Å². The number of hydrogen-bond donors (Lipinski definition) is 3. The summed E-state index contributed by atoms with van der Waals surface area (Å²) in [5.41, 5.74) is 6.79. The van der Waals surface area contributed by atoms with E-state index in [0.717, 1.165) is 5.56 Å². The maximum absolute atomic E-state index is 9.36. The van der Waals surface area contributed by atoms with Crippen molar-refractivity contribution in [3.05, 3.63) is 58.6 Å². The molecule has 104 valence electrons. The van der Waals surface area contributed by atoms with Crippen molar-refractivity contribution >= 4 is 17.4 Å². The number of nitrogens with zero attached hydrogens (tertiary/aromatic N) is 1. The minimum Gasteiger partial charge on any atom is -0.508 e. The van der Waals surface area contributed by atoms with Crippen LogP contribution in [-0.4, -0.2) is 16.1 Å². The van der Waals surface area contributed by atoms with Crippen LogP contribution in [0.4, 0.5) is 0 Å². The normalized spacial score (nSPS) is 11.3. The Labute approximate surface area is 120 Å². The van der Waals surface area contributed by atoms with Gasteiger partial charge in [-0.15, -0.1) is 0 Å². The van der Waals surface area contributed by atoms with Gasteiger partial charge in [0.15, 0.2) is 5.84 Å². The third kappa shape index (κ3) is 3.33. The van der Waals surface area contributed by atoms with Gasteiger partial charge in [-0.1, -0.05) is 28.9 Å². The number of hydrogen-bond acceptors (Lipinski definition) is 4. The Balaban J connectivity index is 2.11. The summed E-state index contributed by atoms with van der Waals surface area (Å²) in [5.74, 6) is 0.635. The molecule has 2 aromatic carbocycles. The summed E-state index contributed by atoms with van der Waals surface area (Å²) in [7, 11) is 0. The van der Waals surface area contributed by atoms with E-state index in [-0.39, 0.29) is 18.2 Å². The minimum atomic E-state index is -0.0218. The molecule has 4 N–H and O–H groups in total. The van der Waals surface area contributed by atoms with Crippen molar-refractivity contribution in [2.75, 3.05) is 0 Å². The predicted octanol–water partition coefficient (Wildman–Crippen LogP) is 2.72. The molecule has 0 bridgehead atoms. The summed E-state index contributed by atoms with van der Waals surface area (Å²) in [5, 5.41) is 21.2. The lowest BCUT2D eigenvalue weighted by atomic mass is 10.2. The molecule has 0 unspecified atom stereocenters. The quantitative estimate of drug-likeness (QED) is 0.350. The average molecular weight is 293 g/mol. The molecule has 0 aromatic heterocycles. The first-order valence-corrected chi connectivity index (χ1v) is 6.16. The summed E-state index contributed by atoms with van der Waals surface area (Å²) in [6, 6.07) is 11.6. The number of benzene rings is 2. The molecule has 0 aliphatic rings. The predicted molar refractivity (Wildman–Crippen MR) is 76.4 cm³/mol. The van der Waals surface area contributed by atoms with Crippen molar-refractivity contribution in [3.8, 4) is 11.5 Å². The molecule has 0 saturated heterocycles. The van der Waals surface area contributed by atoms with E-state index in [2.05, 4.69) is 5.16 Å². The van der Waals surface area contributed by atoms with Crippen molar-refractivity contribution in [3.63, 3.8) is 0 Å². The third-order valence-electron chi connectivity index (χ3n) is 2.64. The van der Waals surface area contributed by atoms with Crippen LogP contribution in [0.2, 0.25) is 5.02 Å². The van der Waals surface area contributed by atoms with Gasteiger partial charge in [0, 0.05) is 5.56 Å². The van der Waals surface area contributed by atoms with Crippen molar-refractivity contribution in [1.82, 2.24) is 0 Å². The molecule has 0 spiro atoms. The van der Waals surface area contributed by atoms with Crippen LogP contribution >= 0.6 is 11.6 Å². The fraction of sp³-hybridized carbons (Fsp3) is 0.0714. The van der Waals surface area contributed by atoms with Crippen molar-refractivity contribution < 1.29 is 15.1 Å². The lowest BCUT2D eigenvalue weighted by Crippen LogP contribution is -2.12. The highest BCUT2D eigenvalue weighted by molar-refractivity contribution is 6.32. The van der Waals surface area contributed by atoms with Crippen molar-refractivity contribution in [2.24, 2.45) is 10.9 Å². The van der Waals surface area contributed by atoms with Crippen LogP contribution in [0.3, 0.4) is 0 Å². The highest BCUT2D eigenvalue weighted by atomic mass is 35.5. The van der Waals surface area contributed by atoms with E-state index in [1.54, 1.807) is 36.4 Å². The van der Waals surface area contributed by atoms with Crippen LogP contribution in [0.1, 0.15) is 11.1 Å². The minimum absolute atomic E-state index is 0.0218. The highest BCUT2D eigenvalue weighted by Gasteiger charge is 2.06. The van der Waals surface area contributed by atoms with Crippen molar-refractivity contribution in [2.45, 2.75) is 6.61 Å². The van der Waals surface area contributed by atoms with E-state index >= 15 is 0 Å². The number of rotatable bonds is 4. The van der Waals surface area contributed by atoms with Gasteiger partial charge in [0.1, 0.15) is 18.1 Å². The number of halogens is 1. The zero-order valence-corrected chi connectivity index (χ0v) is 11.2. The van der Waals surface area contributed by atoms with Crippen LogP contribution < -0.4 is 10.5 Å². The fourth-order valence-electron chi connectivity index (χ4n) is 1.64. The molecule has 0 heterocycles. The van der Waals surface area contributed by atoms with E-state index in [0.29, 0.717) is 16.3 Å². The van der Waals surface area contributed by atoms with E-state index in [4.69, 9.17) is 27.3 Å². The molecule has 6 heteroatoms. The standard InChI is InChI=1S/C14H13ClN2O3/c15-12-7-10(14(16)17-19)4-5-13(12)20-8-9-2-1-3-11(18)6-9/h1-7,18-19H,8H2,(H2,16,17). The average Bonchev–Trinajstić information content (AvgIpc) is 2.45. The van der Waals surface area contributed by atoms with Gasteiger partial charge in [-0.2, -0.15) is 0 Å². The lowest BCUT2D eigenvalue weighted by Gasteiger charge is -2.09. The molecular formula is C14H13ClN2O3. The molecule has 0 aliphatic heterocycles. The summed E-state index contributed by atoms with van der Waals surface area (Å²) < 4.78 is 5.56. The smallest absolute Gasteiger partial charge is 0.170 e. The first kappa shape index (κ1) is 14.0. The van der Waals surface area contributed by atoms with Gasteiger partial charge >= 0.3 is 0 Å². The van der Waals surface area contributed by atoms with E-state index < -0.39 is 0 Å². The van der Waals surface area contributed by atoms with Gasteiger partial charge in [0.2, 0.25) is 0 Å². The zero-order chi connectivity index (χ0) is 14.5. The van der Waals surface area contributed by atoms with Crippen LogP contribution in [0.25, 0.3) is 0 Å². The van der Waals surface area contributed by atoms with Gasteiger partial charge < -0.3 is 20.8 Å². The molecule has 0 atom stereocenters. The molecule has 0 radical (unpaired) electrons. The summed E-state index contributed by atoms with van der Waals surface area (Å²) in [6.07, 6.45) is 0. The largest absolute Gasteiger partial charge is 0.508 e. The monoisotopic (exact) mass is 292 g/mol. The second-order valence-electron chi connectivity index (χ2n) is 4.09. The molecule has 5 nitrogen and oxygen atoms in total. The van der Waals surface area contributed by atoms with Crippen molar-refractivity contribution in [1.29, 1.82) is 0 Å². The van der Waals surface area contributed by atoms with Gasteiger partial charge in [-0.05, 0) is 35.9 Å². The molecule has 2 rings (SSSR count). The second kappa shape index (κ2) is 6.16. The molecule has 20 heavy (non-hydrogen) atoms.